The van der Waals surface area contributed by atoms with Crippen molar-refractivity contribution >= 4 is 5.97 Å². The van der Waals surface area contributed by atoms with Crippen LogP contribution in [0.1, 0.15) is 51.0 Å². The molecule has 3 heteroatoms. The predicted molar refractivity (Wildman–Crippen MR) is 100 cm³/mol. The van der Waals surface area contributed by atoms with Crippen LogP contribution in [0.2, 0.25) is 0 Å². The summed E-state index contributed by atoms with van der Waals surface area (Å²) >= 11 is 0. The summed E-state index contributed by atoms with van der Waals surface area (Å²) in [5.41, 5.74) is 1.29. The second-order valence-corrected chi connectivity index (χ2v) is 6.65. The fraction of sp³-hybridized carbons (Fsp3) is 0.455. The number of carbonyl (C=O) groups excluding carboxylic acids is 1. The molecule has 1 fully saturated rings. The highest BCUT2D eigenvalue weighted by molar-refractivity contribution is 5.75. The van der Waals surface area contributed by atoms with Crippen molar-refractivity contribution in [1.82, 2.24) is 0 Å². The summed E-state index contributed by atoms with van der Waals surface area (Å²) in [5.74, 6) is 1.03. The molecule has 25 heavy (non-hydrogen) atoms. The van der Waals surface area contributed by atoms with Crippen molar-refractivity contribution in [2.75, 3.05) is 0 Å². The molecule has 0 N–H and O–H groups in total. The number of ether oxygens (including phenoxy) is 1. The predicted octanol–water partition coefficient (Wildman–Crippen LogP) is 5.38. The topological polar surface area (TPSA) is 50.1 Å². The fourth-order valence-electron chi connectivity index (χ4n) is 3.17. The van der Waals surface area contributed by atoms with Crippen LogP contribution < -0.4 is 4.74 Å². The van der Waals surface area contributed by atoms with E-state index in [1.54, 1.807) is 6.08 Å². The zero-order valence-corrected chi connectivity index (χ0v) is 15.0. The lowest BCUT2D eigenvalue weighted by Crippen LogP contribution is -2.25. The number of benzene rings is 1. The maximum absolute atomic E-state index is 12.3. The molecule has 0 aliphatic heterocycles. The molecule has 1 aliphatic carbocycles. The first-order valence-corrected chi connectivity index (χ1v) is 9.26. The van der Waals surface area contributed by atoms with Crippen LogP contribution in [-0.4, -0.2) is 5.97 Å². The van der Waals surface area contributed by atoms with Gasteiger partial charge in [0.1, 0.15) is 5.75 Å². The van der Waals surface area contributed by atoms with Gasteiger partial charge in [0, 0.05) is 6.08 Å². The molecule has 1 aromatic rings. The fourth-order valence-corrected chi connectivity index (χ4v) is 3.17. The van der Waals surface area contributed by atoms with Crippen LogP contribution >= 0.6 is 0 Å². The third-order valence-corrected chi connectivity index (χ3v) is 4.73. The lowest BCUT2D eigenvalue weighted by atomic mass is 9.82. The molecule has 0 atom stereocenters. The molecule has 0 heterocycles. The van der Waals surface area contributed by atoms with Crippen LogP contribution in [-0.2, 0) is 11.2 Å². The Labute approximate surface area is 151 Å². The average molecular weight is 337 g/mol. The van der Waals surface area contributed by atoms with Gasteiger partial charge in [-0.3, -0.25) is 4.79 Å². The molecule has 1 saturated carbocycles. The van der Waals surface area contributed by atoms with Gasteiger partial charge in [0.2, 0.25) is 0 Å². The molecule has 0 unspecified atom stereocenters. The Morgan fingerprint density at radius 1 is 1.20 bits per heavy atom. The Balaban J connectivity index is 1.77. The molecule has 0 radical (unpaired) electrons. The monoisotopic (exact) mass is 337 g/mol. The van der Waals surface area contributed by atoms with Gasteiger partial charge in [0.05, 0.1) is 12.0 Å². The zero-order chi connectivity index (χ0) is 17.9. The molecule has 0 amide bonds. The van der Waals surface area contributed by atoms with Crippen molar-refractivity contribution in [3.63, 3.8) is 0 Å². The summed E-state index contributed by atoms with van der Waals surface area (Å²) in [4.78, 5) is 12.3. The Morgan fingerprint density at radius 2 is 1.92 bits per heavy atom. The number of nitrogens with zero attached hydrogens (tertiary/aromatic N) is 1. The lowest BCUT2D eigenvalue weighted by Gasteiger charge is -2.25. The highest BCUT2D eigenvalue weighted by atomic mass is 16.5. The van der Waals surface area contributed by atoms with Crippen LogP contribution in [0.15, 0.2) is 48.6 Å². The van der Waals surface area contributed by atoms with Crippen LogP contribution in [0.4, 0.5) is 0 Å². The molecule has 0 saturated heterocycles. The Bertz CT molecular complexity index is 629. The number of esters is 1. The minimum atomic E-state index is -0.104. The van der Waals surface area contributed by atoms with Crippen LogP contribution in [0.5, 0.6) is 5.75 Å². The van der Waals surface area contributed by atoms with E-state index in [9.17, 15) is 4.79 Å². The van der Waals surface area contributed by atoms with E-state index in [1.165, 1.54) is 24.5 Å². The van der Waals surface area contributed by atoms with Gasteiger partial charge in [-0.15, -0.1) is 0 Å². The van der Waals surface area contributed by atoms with Crippen molar-refractivity contribution in [2.45, 2.75) is 51.9 Å². The molecule has 3 nitrogen and oxygen atoms in total. The molecule has 1 aromatic carbocycles. The third kappa shape index (κ3) is 6.58. The largest absolute Gasteiger partial charge is 0.426 e. The number of rotatable bonds is 7. The molecular formula is C22H27NO2. The molecule has 132 valence electrons. The summed E-state index contributed by atoms with van der Waals surface area (Å²) in [6.07, 6.45) is 14.4. The SMILES string of the molecule is CCCCc1ccc(OC(=O)[C@H]2CC[C@H](C=CC=CC#N)CC2)cc1. The average Bonchev–Trinajstić information content (AvgIpc) is 2.65. The van der Waals surface area contributed by atoms with E-state index in [0.717, 1.165) is 32.1 Å². The standard InChI is InChI=1S/C22H27NO2/c1-2-3-7-18-11-15-21(16-12-18)25-22(24)20-13-9-19(10-14-20)8-5-4-6-17-23/h4-6,8,11-12,15-16,19-20H,2-3,7,9-10,13-14H2,1H3/t19-,20-. The Hall–Kier alpha value is -2.34. The molecule has 0 spiro atoms. The van der Waals surface area contributed by atoms with Gasteiger partial charge in [-0.05, 0) is 62.1 Å². The van der Waals surface area contributed by atoms with Gasteiger partial charge in [-0.1, -0.05) is 43.7 Å². The van der Waals surface area contributed by atoms with E-state index in [1.807, 2.05) is 24.3 Å². The van der Waals surface area contributed by atoms with Crippen LogP contribution in [0, 0.1) is 23.2 Å². The second-order valence-electron chi connectivity index (χ2n) is 6.65. The van der Waals surface area contributed by atoms with Crippen molar-refractivity contribution in [3.05, 3.63) is 54.1 Å². The smallest absolute Gasteiger partial charge is 0.314 e. The van der Waals surface area contributed by atoms with Crippen molar-refractivity contribution in [3.8, 4) is 11.8 Å². The molecule has 0 bridgehead atoms. The van der Waals surface area contributed by atoms with E-state index in [4.69, 9.17) is 10.00 Å². The number of nitriles is 1. The quantitative estimate of drug-likeness (QED) is 0.290. The second kappa shape index (κ2) is 10.5. The molecule has 1 aliphatic rings. The molecule has 2 rings (SSSR count). The zero-order valence-electron chi connectivity index (χ0n) is 15.0. The molecular weight excluding hydrogens is 310 g/mol. The number of allylic oxidation sites excluding steroid dienone is 4. The first-order valence-electron chi connectivity index (χ1n) is 9.26. The highest BCUT2D eigenvalue weighted by Crippen LogP contribution is 2.31. The number of hydrogen-bond donors (Lipinski definition) is 0. The minimum absolute atomic E-state index is 0.000863. The van der Waals surface area contributed by atoms with Gasteiger partial charge in [0.15, 0.2) is 0 Å². The van der Waals surface area contributed by atoms with E-state index in [0.29, 0.717) is 11.7 Å². The normalized spacial score (nSPS) is 20.6. The van der Waals surface area contributed by atoms with E-state index >= 15 is 0 Å². The summed E-state index contributed by atoms with van der Waals surface area (Å²) in [6.45, 7) is 2.18. The summed E-state index contributed by atoms with van der Waals surface area (Å²) in [6, 6.07) is 9.87. The number of hydrogen-bond acceptors (Lipinski definition) is 3. The summed E-state index contributed by atoms with van der Waals surface area (Å²) in [7, 11) is 0. The first kappa shape index (κ1) is 19.0. The third-order valence-electron chi connectivity index (χ3n) is 4.73. The van der Waals surface area contributed by atoms with E-state index < -0.39 is 0 Å². The first-order chi connectivity index (χ1) is 12.2. The summed E-state index contributed by atoms with van der Waals surface area (Å²) < 4.78 is 5.56. The Kier molecular flexibility index (Phi) is 7.98. The van der Waals surface area contributed by atoms with Crippen LogP contribution in [0.3, 0.4) is 0 Å². The number of aryl methyl sites for hydroxylation is 1. The number of carbonyl (C=O) groups is 1. The Morgan fingerprint density at radius 3 is 2.56 bits per heavy atom. The van der Waals surface area contributed by atoms with Gasteiger partial charge in [-0.2, -0.15) is 5.26 Å². The number of unbranched alkanes of at least 4 members (excludes halogenated alkanes) is 1. The van der Waals surface area contributed by atoms with E-state index in [-0.39, 0.29) is 11.9 Å². The van der Waals surface area contributed by atoms with Crippen molar-refractivity contribution in [1.29, 1.82) is 5.26 Å². The van der Waals surface area contributed by atoms with Crippen LogP contribution in [0.25, 0.3) is 0 Å². The maximum Gasteiger partial charge on any atom is 0.314 e. The van der Waals surface area contributed by atoms with Gasteiger partial charge in [-0.25, -0.2) is 0 Å². The minimum Gasteiger partial charge on any atom is -0.426 e. The lowest BCUT2D eigenvalue weighted by molar-refractivity contribution is -0.140. The van der Waals surface area contributed by atoms with Gasteiger partial charge < -0.3 is 4.74 Å². The van der Waals surface area contributed by atoms with Crippen molar-refractivity contribution < 1.29 is 9.53 Å². The van der Waals surface area contributed by atoms with Gasteiger partial charge >= 0.3 is 5.97 Å². The van der Waals surface area contributed by atoms with E-state index in [2.05, 4.69) is 25.1 Å². The molecule has 0 aromatic heterocycles. The maximum atomic E-state index is 12.3. The van der Waals surface area contributed by atoms with Gasteiger partial charge in [0.25, 0.3) is 0 Å². The van der Waals surface area contributed by atoms with Crippen molar-refractivity contribution in [2.24, 2.45) is 11.8 Å². The highest BCUT2D eigenvalue weighted by Gasteiger charge is 2.26. The summed E-state index contributed by atoms with van der Waals surface area (Å²) in [5, 5.41) is 8.45.